The van der Waals surface area contributed by atoms with E-state index in [0.29, 0.717) is 26.3 Å². The van der Waals surface area contributed by atoms with Crippen molar-refractivity contribution in [1.82, 2.24) is 4.90 Å². The van der Waals surface area contributed by atoms with Gasteiger partial charge >= 0.3 is 6.09 Å². The first-order chi connectivity index (χ1) is 8.88. The molecular formula is C14H26N2O3. The highest BCUT2D eigenvalue weighted by atomic mass is 16.6. The summed E-state index contributed by atoms with van der Waals surface area (Å²) in [6.45, 7) is 8.04. The quantitative estimate of drug-likeness (QED) is 0.830. The van der Waals surface area contributed by atoms with E-state index in [4.69, 9.17) is 15.2 Å². The van der Waals surface area contributed by atoms with E-state index in [-0.39, 0.29) is 17.6 Å². The molecule has 0 radical (unpaired) electrons. The Morgan fingerprint density at radius 2 is 2.16 bits per heavy atom. The summed E-state index contributed by atoms with van der Waals surface area (Å²) in [6.07, 6.45) is 3.12. The number of hydrogen-bond acceptors (Lipinski definition) is 4. The van der Waals surface area contributed by atoms with Crippen LogP contribution in [-0.2, 0) is 9.47 Å². The molecule has 0 spiro atoms. The molecule has 19 heavy (non-hydrogen) atoms. The van der Waals surface area contributed by atoms with Gasteiger partial charge in [0.15, 0.2) is 0 Å². The Morgan fingerprint density at radius 1 is 1.47 bits per heavy atom. The van der Waals surface area contributed by atoms with E-state index in [1.807, 2.05) is 25.7 Å². The van der Waals surface area contributed by atoms with Crippen LogP contribution in [0.3, 0.4) is 0 Å². The fourth-order valence-corrected chi connectivity index (χ4v) is 2.95. The SMILES string of the molecule is CC(C)(C)OC(=O)N1CCOCC1C1(CN)CCC1. The predicted octanol–water partition coefficient (Wildman–Crippen LogP) is 1.75. The van der Waals surface area contributed by atoms with Gasteiger partial charge in [-0.2, -0.15) is 0 Å². The van der Waals surface area contributed by atoms with E-state index < -0.39 is 5.60 Å². The van der Waals surface area contributed by atoms with Crippen molar-refractivity contribution in [2.75, 3.05) is 26.3 Å². The van der Waals surface area contributed by atoms with Gasteiger partial charge in [-0.3, -0.25) is 4.90 Å². The molecule has 0 aromatic carbocycles. The van der Waals surface area contributed by atoms with Crippen molar-refractivity contribution in [1.29, 1.82) is 0 Å². The molecule has 1 amide bonds. The number of amides is 1. The minimum Gasteiger partial charge on any atom is -0.444 e. The Morgan fingerprint density at radius 3 is 2.63 bits per heavy atom. The lowest BCUT2D eigenvalue weighted by Crippen LogP contribution is -2.61. The monoisotopic (exact) mass is 270 g/mol. The van der Waals surface area contributed by atoms with E-state index >= 15 is 0 Å². The Bertz CT molecular complexity index is 329. The van der Waals surface area contributed by atoms with Gasteiger partial charge in [-0.1, -0.05) is 6.42 Å². The summed E-state index contributed by atoms with van der Waals surface area (Å²) in [6, 6.07) is 0.0647. The standard InChI is InChI=1S/C14H26N2O3/c1-13(2,3)19-12(17)16-7-8-18-9-11(16)14(10-15)5-4-6-14/h11H,4-10,15H2,1-3H3. The van der Waals surface area contributed by atoms with Gasteiger partial charge in [-0.05, 0) is 33.6 Å². The first-order valence-electron chi connectivity index (χ1n) is 7.15. The fourth-order valence-electron chi connectivity index (χ4n) is 2.95. The van der Waals surface area contributed by atoms with Gasteiger partial charge in [0.25, 0.3) is 0 Å². The number of ether oxygens (including phenoxy) is 2. The van der Waals surface area contributed by atoms with Gasteiger partial charge < -0.3 is 15.2 Å². The second kappa shape index (κ2) is 5.29. The molecule has 2 N–H and O–H groups in total. The van der Waals surface area contributed by atoms with Gasteiger partial charge in [0.1, 0.15) is 5.60 Å². The van der Waals surface area contributed by atoms with Crippen LogP contribution in [0.5, 0.6) is 0 Å². The zero-order valence-corrected chi connectivity index (χ0v) is 12.3. The molecule has 0 aromatic heterocycles. The van der Waals surface area contributed by atoms with Crippen molar-refractivity contribution < 1.29 is 14.3 Å². The summed E-state index contributed by atoms with van der Waals surface area (Å²) in [4.78, 5) is 14.2. The summed E-state index contributed by atoms with van der Waals surface area (Å²) >= 11 is 0. The summed E-state index contributed by atoms with van der Waals surface area (Å²) in [5.41, 5.74) is 5.53. The number of carbonyl (C=O) groups is 1. The molecular weight excluding hydrogens is 244 g/mol. The lowest BCUT2D eigenvalue weighted by Gasteiger charge is -2.52. The first kappa shape index (κ1) is 14.6. The molecule has 2 rings (SSSR count). The van der Waals surface area contributed by atoms with E-state index in [0.717, 1.165) is 12.8 Å². The normalized spacial score (nSPS) is 26.7. The highest BCUT2D eigenvalue weighted by Gasteiger charge is 2.48. The van der Waals surface area contributed by atoms with E-state index in [1.54, 1.807) is 0 Å². The largest absolute Gasteiger partial charge is 0.444 e. The molecule has 1 aliphatic carbocycles. The fraction of sp³-hybridized carbons (Fsp3) is 0.929. The smallest absolute Gasteiger partial charge is 0.410 e. The molecule has 0 aromatic rings. The highest BCUT2D eigenvalue weighted by Crippen LogP contribution is 2.45. The van der Waals surface area contributed by atoms with Crippen LogP contribution >= 0.6 is 0 Å². The summed E-state index contributed by atoms with van der Waals surface area (Å²) in [5, 5.41) is 0. The third-order valence-electron chi connectivity index (χ3n) is 4.22. The number of nitrogens with zero attached hydrogens (tertiary/aromatic N) is 1. The van der Waals surface area contributed by atoms with Crippen LogP contribution in [-0.4, -0.2) is 48.9 Å². The van der Waals surface area contributed by atoms with Gasteiger partial charge in [0, 0.05) is 18.5 Å². The van der Waals surface area contributed by atoms with E-state index in [2.05, 4.69) is 0 Å². The molecule has 0 bridgehead atoms. The molecule has 1 atom stereocenters. The summed E-state index contributed by atoms with van der Waals surface area (Å²) in [5.74, 6) is 0. The number of rotatable bonds is 2. The van der Waals surface area contributed by atoms with Crippen LogP contribution < -0.4 is 5.73 Å². The lowest BCUT2D eigenvalue weighted by atomic mass is 9.63. The molecule has 5 nitrogen and oxygen atoms in total. The van der Waals surface area contributed by atoms with Crippen molar-refractivity contribution in [3.63, 3.8) is 0 Å². The summed E-state index contributed by atoms with van der Waals surface area (Å²) in [7, 11) is 0. The molecule has 1 aliphatic heterocycles. The van der Waals surface area contributed by atoms with Gasteiger partial charge in [-0.15, -0.1) is 0 Å². The van der Waals surface area contributed by atoms with Crippen molar-refractivity contribution in [3.05, 3.63) is 0 Å². The maximum absolute atomic E-state index is 12.3. The topological polar surface area (TPSA) is 64.8 Å². The summed E-state index contributed by atoms with van der Waals surface area (Å²) < 4.78 is 11.1. The third kappa shape index (κ3) is 3.03. The number of hydrogen-bond donors (Lipinski definition) is 1. The average molecular weight is 270 g/mol. The molecule has 110 valence electrons. The number of carbonyl (C=O) groups excluding carboxylic acids is 1. The Hall–Kier alpha value is -0.810. The van der Waals surface area contributed by atoms with E-state index in [9.17, 15) is 4.79 Å². The Balaban J connectivity index is 2.10. The maximum Gasteiger partial charge on any atom is 0.410 e. The Labute approximate surface area is 115 Å². The van der Waals surface area contributed by atoms with Crippen molar-refractivity contribution >= 4 is 6.09 Å². The molecule has 2 fully saturated rings. The van der Waals surface area contributed by atoms with Gasteiger partial charge in [-0.25, -0.2) is 4.79 Å². The van der Waals surface area contributed by atoms with Crippen LogP contribution in [0.15, 0.2) is 0 Å². The lowest BCUT2D eigenvalue weighted by molar-refractivity contribution is -0.0893. The second-order valence-electron chi connectivity index (χ2n) is 6.68. The van der Waals surface area contributed by atoms with Crippen LogP contribution in [0, 0.1) is 5.41 Å². The van der Waals surface area contributed by atoms with Crippen LogP contribution in [0.4, 0.5) is 4.79 Å². The average Bonchev–Trinajstić information content (AvgIpc) is 2.26. The van der Waals surface area contributed by atoms with Crippen molar-refractivity contribution in [2.24, 2.45) is 11.1 Å². The molecule has 1 unspecified atom stereocenters. The zero-order valence-electron chi connectivity index (χ0n) is 12.3. The molecule has 1 saturated heterocycles. The molecule has 1 heterocycles. The van der Waals surface area contributed by atoms with Crippen molar-refractivity contribution in [3.8, 4) is 0 Å². The van der Waals surface area contributed by atoms with Crippen LogP contribution in [0.25, 0.3) is 0 Å². The van der Waals surface area contributed by atoms with E-state index in [1.165, 1.54) is 6.42 Å². The third-order valence-corrected chi connectivity index (χ3v) is 4.22. The minimum absolute atomic E-state index is 0.0390. The predicted molar refractivity (Wildman–Crippen MR) is 72.9 cm³/mol. The maximum atomic E-state index is 12.3. The minimum atomic E-state index is -0.463. The zero-order chi connectivity index (χ0) is 14.1. The number of nitrogens with two attached hydrogens (primary N) is 1. The molecule has 1 saturated carbocycles. The van der Waals surface area contributed by atoms with Gasteiger partial charge in [0.05, 0.1) is 19.3 Å². The Kier molecular flexibility index (Phi) is 4.06. The number of morpholine rings is 1. The van der Waals surface area contributed by atoms with Crippen molar-refractivity contribution in [2.45, 2.75) is 51.7 Å². The second-order valence-corrected chi connectivity index (χ2v) is 6.68. The van der Waals surface area contributed by atoms with Crippen LogP contribution in [0.2, 0.25) is 0 Å². The molecule has 2 aliphatic rings. The highest BCUT2D eigenvalue weighted by molar-refractivity contribution is 5.69. The van der Waals surface area contributed by atoms with Gasteiger partial charge in [0.2, 0.25) is 0 Å². The van der Waals surface area contributed by atoms with Crippen LogP contribution in [0.1, 0.15) is 40.0 Å². The molecule has 5 heteroatoms. The first-order valence-corrected chi connectivity index (χ1v) is 7.15.